The van der Waals surface area contributed by atoms with Crippen molar-refractivity contribution in [2.75, 3.05) is 23.6 Å². The molecule has 27 heavy (non-hydrogen) atoms. The molecule has 1 N–H and O–H groups in total. The van der Waals surface area contributed by atoms with Gasteiger partial charge in [-0.25, -0.2) is 0 Å². The Bertz CT molecular complexity index is 684. The number of fused-ring (bicyclic) bond motifs is 1. The van der Waals surface area contributed by atoms with Gasteiger partial charge in [0.1, 0.15) is 6.04 Å². The minimum absolute atomic E-state index is 0.149. The predicted molar refractivity (Wildman–Crippen MR) is 111 cm³/mol. The summed E-state index contributed by atoms with van der Waals surface area (Å²) in [6.07, 6.45) is 7.93. The fraction of sp³-hybridized carbons (Fsp3) is 0.550. The molecule has 0 bridgehead atoms. The summed E-state index contributed by atoms with van der Waals surface area (Å²) in [7, 11) is 0. The first-order valence-electron chi connectivity index (χ1n) is 9.37. The van der Waals surface area contributed by atoms with Gasteiger partial charge in [0.2, 0.25) is 17.7 Å². The van der Waals surface area contributed by atoms with Crippen molar-refractivity contribution in [3.63, 3.8) is 0 Å². The Morgan fingerprint density at radius 3 is 2.22 bits per heavy atom. The molecule has 146 valence electrons. The molecular formula is C20H26N2O3S2. The molecule has 1 aliphatic carbocycles. The Morgan fingerprint density at radius 1 is 1.11 bits per heavy atom. The highest BCUT2D eigenvalue weighted by atomic mass is 32.2. The number of rotatable bonds is 7. The molecule has 0 aromatic heterocycles. The molecule has 1 aromatic rings. The molecule has 0 radical (unpaired) electrons. The highest BCUT2D eigenvalue weighted by Crippen LogP contribution is 2.39. The molecule has 1 saturated carbocycles. The molecule has 7 heteroatoms. The van der Waals surface area contributed by atoms with Crippen LogP contribution in [0.5, 0.6) is 0 Å². The van der Waals surface area contributed by atoms with E-state index in [1.165, 1.54) is 4.90 Å². The molecule has 1 aromatic carbocycles. The first-order valence-corrected chi connectivity index (χ1v) is 12.0. The Labute approximate surface area is 169 Å². The molecule has 2 aliphatic rings. The van der Waals surface area contributed by atoms with Gasteiger partial charge < -0.3 is 5.32 Å². The molecule has 3 amide bonds. The van der Waals surface area contributed by atoms with Crippen LogP contribution in [0, 0.1) is 11.8 Å². The SMILES string of the molecule is CSCCC(C(=O)Nc1ccc(SC)cc1)N1C(=O)C2CCCCC2C1=O. The third-order valence-corrected chi connectivity index (χ3v) is 6.83. The summed E-state index contributed by atoms with van der Waals surface area (Å²) in [4.78, 5) is 41.2. The van der Waals surface area contributed by atoms with E-state index in [0.29, 0.717) is 12.1 Å². The second-order valence-electron chi connectivity index (χ2n) is 7.06. The average Bonchev–Trinajstić information content (AvgIpc) is 2.94. The van der Waals surface area contributed by atoms with Crippen LogP contribution in [-0.4, -0.2) is 46.9 Å². The Balaban J connectivity index is 1.78. The minimum atomic E-state index is -0.733. The van der Waals surface area contributed by atoms with Crippen molar-refractivity contribution in [3.05, 3.63) is 24.3 Å². The number of nitrogens with one attached hydrogen (secondary N) is 1. The topological polar surface area (TPSA) is 66.5 Å². The molecule has 3 rings (SSSR count). The van der Waals surface area contributed by atoms with Crippen molar-refractivity contribution < 1.29 is 14.4 Å². The van der Waals surface area contributed by atoms with Crippen LogP contribution in [-0.2, 0) is 14.4 Å². The van der Waals surface area contributed by atoms with E-state index in [1.54, 1.807) is 23.5 Å². The van der Waals surface area contributed by atoms with E-state index in [9.17, 15) is 14.4 Å². The van der Waals surface area contributed by atoms with Crippen molar-refractivity contribution in [3.8, 4) is 0 Å². The largest absolute Gasteiger partial charge is 0.324 e. The molecule has 0 spiro atoms. The number of anilines is 1. The van der Waals surface area contributed by atoms with Crippen molar-refractivity contribution in [2.24, 2.45) is 11.8 Å². The van der Waals surface area contributed by atoms with Gasteiger partial charge in [-0.2, -0.15) is 11.8 Å². The Morgan fingerprint density at radius 2 is 1.70 bits per heavy atom. The molecular weight excluding hydrogens is 380 g/mol. The van der Waals surface area contributed by atoms with Crippen LogP contribution in [0.25, 0.3) is 0 Å². The lowest BCUT2D eigenvalue weighted by atomic mass is 9.81. The number of carbonyl (C=O) groups is 3. The van der Waals surface area contributed by atoms with Gasteiger partial charge in [0.25, 0.3) is 0 Å². The fourth-order valence-electron chi connectivity index (χ4n) is 4.00. The molecule has 5 nitrogen and oxygen atoms in total. The van der Waals surface area contributed by atoms with Gasteiger partial charge in [-0.05, 0) is 61.8 Å². The molecule has 1 saturated heterocycles. The number of benzene rings is 1. The average molecular weight is 407 g/mol. The van der Waals surface area contributed by atoms with Crippen molar-refractivity contribution in [1.82, 2.24) is 4.90 Å². The van der Waals surface area contributed by atoms with Crippen molar-refractivity contribution in [2.45, 2.75) is 43.0 Å². The van der Waals surface area contributed by atoms with Gasteiger partial charge in [-0.15, -0.1) is 11.8 Å². The lowest BCUT2D eigenvalue weighted by Gasteiger charge is -2.26. The number of likely N-dealkylation sites (tertiary alicyclic amines) is 1. The van der Waals surface area contributed by atoms with E-state index in [4.69, 9.17) is 0 Å². The molecule has 1 heterocycles. The van der Waals surface area contributed by atoms with Gasteiger partial charge in [-0.1, -0.05) is 12.8 Å². The molecule has 2 fully saturated rings. The van der Waals surface area contributed by atoms with Crippen LogP contribution in [0.1, 0.15) is 32.1 Å². The smallest absolute Gasteiger partial charge is 0.247 e. The highest BCUT2D eigenvalue weighted by molar-refractivity contribution is 7.98. The van der Waals surface area contributed by atoms with Crippen LogP contribution in [0.2, 0.25) is 0 Å². The Hall–Kier alpha value is -1.47. The van der Waals surface area contributed by atoms with Gasteiger partial charge in [0.15, 0.2) is 0 Å². The zero-order chi connectivity index (χ0) is 19.4. The summed E-state index contributed by atoms with van der Waals surface area (Å²) in [6, 6.07) is 6.85. The first-order chi connectivity index (χ1) is 13.1. The maximum atomic E-state index is 13.0. The number of hydrogen-bond acceptors (Lipinski definition) is 5. The summed E-state index contributed by atoms with van der Waals surface area (Å²) in [5.41, 5.74) is 0.684. The number of thioether (sulfide) groups is 2. The summed E-state index contributed by atoms with van der Waals surface area (Å²) in [5, 5.41) is 2.90. The molecule has 3 unspecified atom stereocenters. The monoisotopic (exact) mass is 406 g/mol. The van der Waals surface area contributed by atoms with E-state index in [1.807, 2.05) is 36.8 Å². The second-order valence-corrected chi connectivity index (χ2v) is 8.92. The summed E-state index contributed by atoms with van der Waals surface area (Å²) >= 11 is 3.25. The summed E-state index contributed by atoms with van der Waals surface area (Å²) in [5.74, 6) is -0.308. The fourth-order valence-corrected chi connectivity index (χ4v) is 4.87. The van der Waals surface area contributed by atoms with Gasteiger partial charge in [0.05, 0.1) is 11.8 Å². The van der Waals surface area contributed by atoms with E-state index >= 15 is 0 Å². The van der Waals surface area contributed by atoms with Crippen LogP contribution in [0.15, 0.2) is 29.2 Å². The predicted octanol–water partition coefficient (Wildman–Crippen LogP) is 3.64. The second kappa shape index (κ2) is 9.15. The van der Waals surface area contributed by atoms with Gasteiger partial charge in [0, 0.05) is 10.6 Å². The standard InChI is InChI=1S/C20H26N2O3S2/c1-26-12-11-17(18(23)21-13-7-9-14(27-2)10-8-13)22-19(24)15-5-3-4-6-16(15)20(22)25/h7-10,15-17H,3-6,11-12H2,1-2H3,(H,21,23). The van der Waals surface area contributed by atoms with E-state index in [0.717, 1.165) is 36.3 Å². The number of amides is 3. The third-order valence-electron chi connectivity index (χ3n) is 5.44. The molecule has 3 atom stereocenters. The maximum Gasteiger partial charge on any atom is 0.247 e. The lowest BCUT2D eigenvalue weighted by Crippen LogP contribution is -2.48. The summed E-state index contributed by atoms with van der Waals surface area (Å²) in [6.45, 7) is 0. The highest BCUT2D eigenvalue weighted by Gasteiger charge is 2.51. The van der Waals surface area contributed by atoms with E-state index in [-0.39, 0.29) is 29.6 Å². The maximum absolute atomic E-state index is 13.0. The number of imide groups is 1. The zero-order valence-electron chi connectivity index (χ0n) is 15.8. The van der Waals surface area contributed by atoms with Crippen LogP contribution in [0.3, 0.4) is 0 Å². The minimum Gasteiger partial charge on any atom is -0.324 e. The van der Waals surface area contributed by atoms with E-state index < -0.39 is 6.04 Å². The normalized spacial score (nSPS) is 23.3. The first kappa shape index (κ1) is 20.3. The number of nitrogens with zero attached hydrogens (tertiary/aromatic N) is 1. The lowest BCUT2D eigenvalue weighted by molar-refractivity contribution is -0.146. The summed E-state index contributed by atoms with van der Waals surface area (Å²) < 4.78 is 0. The zero-order valence-corrected chi connectivity index (χ0v) is 17.4. The van der Waals surface area contributed by atoms with E-state index in [2.05, 4.69) is 5.32 Å². The van der Waals surface area contributed by atoms with Crippen LogP contribution < -0.4 is 5.32 Å². The van der Waals surface area contributed by atoms with Crippen LogP contribution in [0.4, 0.5) is 5.69 Å². The third kappa shape index (κ3) is 4.35. The Kier molecular flexibility index (Phi) is 6.87. The number of hydrogen-bond donors (Lipinski definition) is 1. The van der Waals surface area contributed by atoms with Crippen LogP contribution >= 0.6 is 23.5 Å². The van der Waals surface area contributed by atoms with Gasteiger partial charge >= 0.3 is 0 Å². The van der Waals surface area contributed by atoms with Crippen molar-refractivity contribution in [1.29, 1.82) is 0 Å². The van der Waals surface area contributed by atoms with Gasteiger partial charge in [-0.3, -0.25) is 19.3 Å². The van der Waals surface area contributed by atoms with Crippen molar-refractivity contribution >= 4 is 46.9 Å². The number of carbonyl (C=O) groups excluding carboxylic acids is 3. The molecule has 1 aliphatic heterocycles. The quantitative estimate of drug-likeness (QED) is 0.553.